The highest BCUT2D eigenvalue weighted by atomic mass is 16.5. The zero-order chi connectivity index (χ0) is 14.1. The number of methoxy groups -OCH3 is 1. The van der Waals surface area contributed by atoms with Crippen LogP contribution in [0.4, 0.5) is 4.79 Å². The molecule has 0 aromatic carbocycles. The van der Waals surface area contributed by atoms with Crippen LogP contribution >= 0.6 is 0 Å². The summed E-state index contributed by atoms with van der Waals surface area (Å²) in [6, 6.07) is -0.192. The third kappa shape index (κ3) is 2.34. The molecule has 0 saturated carbocycles. The number of urea groups is 1. The quantitative estimate of drug-likeness (QED) is 0.809. The van der Waals surface area contributed by atoms with Crippen LogP contribution in [-0.2, 0) is 9.47 Å². The number of hydrogen-bond acceptors (Lipinski definition) is 4. The lowest BCUT2D eigenvalue weighted by Gasteiger charge is -2.47. The number of amides is 2. The topological polar surface area (TPSA) is 74.7 Å². The van der Waals surface area contributed by atoms with Crippen molar-refractivity contribution in [2.24, 2.45) is 0 Å². The fourth-order valence-electron chi connectivity index (χ4n) is 3.01. The summed E-state index contributed by atoms with van der Waals surface area (Å²) < 4.78 is 10.9. The van der Waals surface area contributed by atoms with E-state index in [0.717, 1.165) is 6.42 Å². The second-order valence-corrected chi connectivity index (χ2v) is 5.56. The lowest BCUT2D eigenvalue weighted by molar-refractivity contribution is -0.103. The Labute approximate surface area is 113 Å². The third-order valence-corrected chi connectivity index (χ3v) is 4.36. The van der Waals surface area contributed by atoms with Crippen LogP contribution in [0.1, 0.15) is 33.1 Å². The monoisotopic (exact) mass is 269 g/mol. The number of rotatable bonds is 4. The van der Waals surface area contributed by atoms with Gasteiger partial charge in [0.05, 0.1) is 12.2 Å². The Bertz CT molecular complexity index is 387. The second kappa shape index (κ2) is 5.09. The van der Waals surface area contributed by atoms with Crippen LogP contribution in [0.15, 0.2) is 0 Å². The molecular weight excluding hydrogens is 246 g/mol. The maximum Gasteiger partial charge on any atom is 0.323 e. The van der Waals surface area contributed by atoms with Gasteiger partial charge in [0.2, 0.25) is 0 Å². The van der Waals surface area contributed by atoms with Gasteiger partial charge in [0.15, 0.2) is 0 Å². The molecule has 6 nitrogen and oxygen atoms in total. The molecule has 2 unspecified atom stereocenters. The predicted octanol–water partition coefficient (Wildman–Crippen LogP) is 1.35. The average Bonchev–Trinajstić information content (AvgIpc) is 2.59. The molecular formula is C13H23N3O3. The molecule has 2 amide bonds. The molecule has 2 aliphatic rings. The molecule has 2 saturated heterocycles. The van der Waals surface area contributed by atoms with Crippen LogP contribution in [0.2, 0.25) is 0 Å². The van der Waals surface area contributed by atoms with Gasteiger partial charge in [0.1, 0.15) is 11.4 Å². The predicted molar refractivity (Wildman–Crippen MR) is 71.5 cm³/mol. The number of ether oxygens (including phenoxy) is 2. The van der Waals surface area contributed by atoms with Gasteiger partial charge in [0.25, 0.3) is 0 Å². The second-order valence-electron chi connectivity index (χ2n) is 5.56. The van der Waals surface area contributed by atoms with Crippen LogP contribution in [-0.4, -0.2) is 54.8 Å². The summed E-state index contributed by atoms with van der Waals surface area (Å²) in [6.45, 7) is 5.69. The van der Waals surface area contributed by atoms with E-state index in [0.29, 0.717) is 38.4 Å². The van der Waals surface area contributed by atoms with E-state index < -0.39 is 5.54 Å². The Morgan fingerprint density at radius 3 is 2.95 bits per heavy atom. The van der Waals surface area contributed by atoms with Crippen LogP contribution in [0.25, 0.3) is 0 Å². The molecule has 2 heterocycles. The van der Waals surface area contributed by atoms with E-state index in [9.17, 15) is 4.79 Å². The van der Waals surface area contributed by atoms with Gasteiger partial charge in [-0.15, -0.1) is 0 Å². The van der Waals surface area contributed by atoms with Gasteiger partial charge in [-0.2, -0.15) is 0 Å². The molecule has 0 aromatic rings. The van der Waals surface area contributed by atoms with Crippen molar-refractivity contribution in [3.63, 3.8) is 0 Å². The Morgan fingerprint density at radius 2 is 2.32 bits per heavy atom. The van der Waals surface area contributed by atoms with Crippen LogP contribution in [0.3, 0.4) is 0 Å². The molecule has 2 aliphatic heterocycles. The van der Waals surface area contributed by atoms with Gasteiger partial charge >= 0.3 is 6.03 Å². The Balaban J connectivity index is 2.26. The summed E-state index contributed by atoms with van der Waals surface area (Å²) in [5, 5.41) is 10.8. The molecule has 2 N–H and O–H groups in total. The first kappa shape index (κ1) is 14.3. The van der Waals surface area contributed by atoms with E-state index in [4.69, 9.17) is 14.9 Å². The summed E-state index contributed by atoms with van der Waals surface area (Å²) in [6.07, 6.45) is 2.20. The lowest BCUT2D eigenvalue weighted by Crippen LogP contribution is -2.58. The minimum Gasteiger partial charge on any atom is -0.383 e. The SMILES string of the molecule is CCC1(C)CC2(CCO1)C(=N)NC(=O)N2CCOC. The number of nitrogens with one attached hydrogen (secondary N) is 2. The summed E-state index contributed by atoms with van der Waals surface area (Å²) >= 11 is 0. The standard InChI is InChI=1S/C13H23N3O3/c1-4-12(2)9-13(5-7-19-12)10(14)15-11(17)16(13)6-8-18-3/h4-9H2,1-3H3,(H2,14,15,17). The molecule has 2 fully saturated rings. The molecule has 19 heavy (non-hydrogen) atoms. The van der Waals surface area contributed by atoms with Crippen molar-refractivity contribution in [3.05, 3.63) is 0 Å². The van der Waals surface area contributed by atoms with E-state index in [1.54, 1.807) is 12.0 Å². The van der Waals surface area contributed by atoms with Crippen molar-refractivity contribution < 1.29 is 14.3 Å². The molecule has 0 aliphatic carbocycles. The largest absolute Gasteiger partial charge is 0.383 e. The Morgan fingerprint density at radius 1 is 1.58 bits per heavy atom. The van der Waals surface area contributed by atoms with Crippen molar-refractivity contribution in [1.29, 1.82) is 5.41 Å². The summed E-state index contributed by atoms with van der Waals surface area (Å²) in [5.41, 5.74) is -0.819. The first-order valence-corrected chi connectivity index (χ1v) is 6.78. The molecule has 2 atom stereocenters. The van der Waals surface area contributed by atoms with E-state index in [1.807, 2.05) is 0 Å². The van der Waals surface area contributed by atoms with Gasteiger partial charge in [0, 0.05) is 33.1 Å². The Hall–Kier alpha value is -1.14. The van der Waals surface area contributed by atoms with Gasteiger partial charge in [-0.25, -0.2) is 4.79 Å². The first-order chi connectivity index (χ1) is 8.97. The lowest BCUT2D eigenvalue weighted by atomic mass is 9.78. The normalized spacial score (nSPS) is 35.0. The molecule has 0 aromatic heterocycles. The fraction of sp³-hybridized carbons (Fsp3) is 0.846. The van der Waals surface area contributed by atoms with E-state index in [1.165, 1.54) is 0 Å². The molecule has 6 heteroatoms. The number of amidine groups is 1. The molecule has 1 spiro atoms. The minimum atomic E-state index is -0.543. The molecule has 108 valence electrons. The average molecular weight is 269 g/mol. The van der Waals surface area contributed by atoms with Crippen LogP contribution < -0.4 is 5.32 Å². The highest BCUT2D eigenvalue weighted by Gasteiger charge is 2.55. The number of nitrogens with zero attached hydrogens (tertiary/aromatic N) is 1. The maximum absolute atomic E-state index is 12.0. The Kier molecular flexibility index (Phi) is 3.82. The van der Waals surface area contributed by atoms with E-state index in [2.05, 4.69) is 19.2 Å². The zero-order valence-electron chi connectivity index (χ0n) is 11.9. The van der Waals surface area contributed by atoms with Crippen molar-refractivity contribution in [1.82, 2.24) is 10.2 Å². The fourth-order valence-corrected chi connectivity index (χ4v) is 3.01. The summed E-state index contributed by atoms with van der Waals surface area (Å²) in [4.78, 5) is 13.8. The molecule has 2 rings (SSSR count). The van der Waals surface area contributed by atoms with Crippen molar-refractivity contribution in [2.75, 3.05) is 26.9 Å². The maximum atomic E-state index is 12.0. The van der Waals surface area contributed by atoms with Gasteiger partial charge < -0.3 is 14.4 Å². The number of carbonyl (C=O) groups is 1. The zero-order valence-corrected chi connectivity index (χ0v) is 11.9. The molecule has 0 radical (unpaired) electrons. The smallest absolute Gasteiger partial charge is 0.323 e. The van der Waals surface area contributed by atoms with Crippen LogP contribution in [0, 0.1) is 5.41 Å². The van der Waals surface area contributed by atoms with Crippen molar-refractivity contribution >= 4 is 11.9 Å². The number of carbonyl (C=O) groups excluding carboxylic acids is 1. The van der Waals surface area contributed by atoms with E-state index in [-0.39, 0.29) is 11.6 Å². The first-order valence-electron chi connectivity index (χ1n) is 6.78. The third-order valence-electron chi connectivity index (χ3n) is 4.36. The molecule has 0 bridgehead atoms. The highest BCUT2D eigenvalue weighted by Crippen LogP contribution is 2.40. The van der Waals surface area contributed by atoms with Crippen molar-refractivity contribution in [2.45, 2.75) is 44.2 Å². The van der Waals surface area contributed by atoms with Gasteiger partial charge in [-0.05, 0) is 13.3 Å². The summed E-state index contributed by atoms with van der Waals surface area (Å²) in [5.74, 6) is 0.302. The summed E-state index contributed by atoms with van der Waals surface area (Å²) in [7, 11) is 1.62. The van der Waals surface area contributed by atoms with E-state index >= 15 is 0 Å². The van der Waals surface area contributed by atoms with Crippen molar-refractivity contribution in [3.8, 4) is 0 Å². The van der Waals surface area contributed by atoms with Gasteiger partial charge in [-0.1, -0.05) is 6.92 Å². The number of hydrogen-bond donors (Lipinski definition) is 2. The highest BCUT2D eigenvalue weighted by molar-refractivity contribution is 6.08. The van der Waals surface area contributed by atoms with Gasteiger partial charge in [-0.3, -0.25) is 10.7 Å². The van der Waals surface area contributed by atoms with Crippen LogP contribution in [0.5, 0.6) is 0 Å². The minimum absolute atomic E-state index is 0.192.